The lowest BCUT2D eigenvalue weighted by atomic mass is 10.1. The molecule has 132 valence electrons. The molecule has 8 heteroatoms. The highest BCUT2D eigenvalue weighted by Gasteiger charge is 2.23. The molecule has 2 heterocycles. The molecule has 1 aromatic heterocycles. The van der Waals surface area contributed by atoms with Gasteiger partial charge in [-0.25, -0.2) is 4.79 Å². The van der Waals surface area contributed by atoms with E-state index >= 15 is 0 Å². The third kappa shape index (κ3) is 3.92. The van der Waals surface area contributed by atoms with Crippen molar-refractivity contribution in [2.45, 2.75) is 6.92 Å². The predicted molar refractivity (Wildman–Crippen MR) is 97.3 cm³/mol. The Morgan fingerprint density at radius 2 is 1.92 bits per heavy atom. The molecule has 0 saturated heterocycles. The zero-order chi connectivity index (χ0) is 18.7. The number of aliphatic imine (C=N–C) groups is 1. The van der Waals surface area contributed by atoms with E-state index in [0.29, 0.717) is 22.0 Å². The van der Waals surface area contributed by atoms with Crippen molar-refractivity contribution in [2.24, 2.45) is 4.99 Å². The molecule has 0 atom stereocenters. The summed E-state index contributed by atoms with van der Waals surface area (Å²) in [6, 6.07) is 10.3. The van der Waals surface area contributed by atoms with Crippen molar-refractivity contribution in [3.05, 3.63) is 52.6 Å². The highest BCUT2D eigenvalue weighted by Crippen LogP contribution is 2.29. The Balaban J connectivity index is 1.75. The molecule has 2 aromatic rings. The summed E-state index contributed by atoms with van der Waals surface area (Å²) in [5.74, 6) is -0.0628. The molecular formula is C18H14N2O5S. The Kier molecular flexibility index (Phi) is 5.04. The van der Waals surface area contributed by atoms with Gasteiger partial charge in [0.15, 0.2) is 5.17 Å². The normalized spacial score (nSPS) is 15.1. The number of benzene rings is 1. The second-order valence-electron chi connectivity index (χ2n) is 5.28. The molecule has 0 unspecified atom stereocenters. The first-order valence-corrected chi connectivity index (χ1v) is 8.36. The number of esters is 1. The molecule has 2 amide bonds. The van der Waals surface area contributed by atoms with Crippen molar-refractivity contribution in [3.63, 3.8) is 0 Å². The van der Waals surface area contributed by atoms with Crippen molar-refractivity contribution < 1.29 is 23.5 Å². The summed E-state index contributed by atoms with van der Waals surface area (Å²) >= 11 is 1.07. The number of hydrogen-bond donors (Lipinski definition) is 1. The minimum atomic E-state index is -0.431. The van der Waals surface area contributed by atoms with Gasteiger partial charge in [-0.05, 0) is 36.0 Å². The Morgan fingerprint density at radius 3 is 2.58 bits per heavy atom. The van der Waals surface area contributed by atoms with Gasteiger partial charge in [-0.3, -0.25) is 9.59 Å². The van der Waals surface area contributed by atoms with Gasteiger partial charge in [0.25, 0.3) is 5.91 Å². The topological polar surface area (TPSA) is 98.0 Å². The molecule has 7 nitrogen and oxygen atoms in total. The van der Waals surface area contributed by atoms with Gasteiger partial charge in [0.2, 0.25) is 5.91 Å². The minimum absolute atomic E-state index is 0.249. The van der Waals surface area contributed by atoms with Crippen LogP contribution in [0, 0.1) is 0 Å². The predicted octanol–water partition coefficient (Wildman–Crippen LogP) is 2.84. The average Bonchev–Trinajstić information content (AvgIpc) is 3.21. The largest absolute Gasteiger partial charge is 0.465 e. The SMILES string of the molecule is COC(=O)c1ccc(-c2ccc(C=C3SC(NC(C)=O)=NC3=O)o2)cc1. The number of hydrogen-bond acceptors (Lipinski definition) is 6. The number of carbonyl (C=O) groups is 3. The standard InChI is InChI=1S/C18H14N2O5S/c1-10(21)19-18-20-16(22)15(26-18)9-13-7-8-14(25-13)11-3-5-12(6-4-11)17(23)24-2/h3-9H,1-2H3,(H,19,20,21,22). The smallest absolute Gasteiger partial charge is 0.337 e. The highest BCUT2D eigenvalue weighted by atomic mass is 32.2. The number of amidine groups is 1. The maximum Gasteiger partial charge on any atom is 0.337 e. The average molecular weight is 370 g/mol. The summed E-state index contributed by atoms with van der Waals surface area (Å²) in [4.78, 5) is 38.5. The van der Waals surface area contributed by atoms with Crippen LogP contribution in [0.25, 0.3) is 17.4 Å². The van der Waals surface area contributed by atoms with E-state index in [9.17, 15) is 14.4 Å². The van der Waals surface area contributed by atoms with Gasteiger partial charge in [-0.15, -0.1) is 0 Å². The van der Waals surface area contributed by atoms with Gasteiger partial charge in [-0.1, -0.05) is 12.1 Å². The summed E-state index contributed by atoms with van der Waals surface area (Å²) in [7, 11) is 1.33. The van der Waals surface area contributed by atoms with Gasteiger partial charge < -0.3 is 14.5 Å². The van der Waals surface area contributed by atoms with Gasteiger partial charge in [0.05, 0.1) is 17.6 Å². The summed E-state index contributed by atoms with van der Waals surface area (Å²) < 4.78 is 10.4. The highest BCUT2D eigenvalue weighted by molar-refractivity contribution is 8.18. The molecular weight excluding hydrogens is 356 g/mol. The Hall–Kier alpha value is -3.13. The van der Waals surface area contributed by atoms with Crippen LogP contribution in [0.4, 0.5) is 0 Å². The first-order valence-electron chi connectivity index (χ1n) is 7.55. The van der Waals surface area contributed by atoms with Crippen molar-refractivity contribution >= 4 is 40.8 Å². The van der Waals surface area contributed by atoms with E-state index in [2.05, 4.69) is 15.0 Å². The number of methoxy groups -OCH3 is 1. The fourth-order valence-corrected chi connectivity index (χ4v) is 3.06. The van der Waals surface area contributed by atoms with E-state index in [1.54, 1.807) is 42.5 Å². The number of nitrogens with zero attached hydrogens (tertiary/aromatic N) is 1. The van der Waals surface area contributed by atoms with E-state index in [1.165, 1.54) is 14.0 Å². The lowest BCUT2D eigenvalue weighted by molar-refractivity contribution is -0.117. The number of nitrogens with one attached hydrogen (secondary N) is 1. The first kappa shape index (κ1) is 17.7. The fraction of sp³-hybridized carbons (Fsp3) is 0.111. The lowest BCUT2D eigenvalue weighted by Gasteiger charge is -2.00. The molecule has 26 heavy (non-hydrogen) atoms. The molecule has 0 aliphatic carbocycles. The molecule has 0 saturated carbocycles. The second-order valence-corrected chi connectivity index (χ2v) is 6.32. The van der Waals surface area contributed by atoms with Crippen LogP contribution in [0.2, 0.25) is 0 Å². The molecule has 0 bridgehead atoms. The van der Waals surface area contributed by atoms with Crippen molar-refractivity contribution in [1.29, 1.82) is 0 Å². The summed E-state index contributed by atoms with van der Waals surface area (Å²) in [5.41, 5.74) is 1.23. The number of furan rings is 1. The molecule has 0 radical (unpaired) electrons. The van der Waals surface area contributed by atoms with Crippen molar-refractivity contribution in [1.82, 2.24) is 5.32 Å². The van der Waals surface area contributed by atoms with Crippen LogP contribution in [-0.2, 0) is 14.3 Å². The summed E-state index contributed by atoms with van der Waals surface area (Å²) in [6.07, 6.45) is 1.57. The lowest BCUT2D eigenvalue weighted by Crippen LogP contribution is -2.23. The molecule has 1 aliphatic heterocycles. The minimum Gasteiger partial charge on any atom is -0.465 e. The summed E-state index contributed by atoms with van der Waals surface area (Å²) in [5, 5.41) is 2.73. The van der Waals surface area contributed by atoms with E-state index in [1.807, 2.05) is 0 Å². The quantitative estimate of drug-likeness (QED) is 0.659. The zero-order valence-corrected chi connectivity index (χ0v) is 14.8. The van der Waals surface area contributed by atoms with Crippen LogP contribution >= 0.6 is 11.8 Å². The van der Waals surface area contributed by atoms with Crippen LogP contribution in [0.1, 0.15) is 23.0 Å². The van der Waals surface area contributed by atoms with Gasteiger partial charge in [0.1, 0.15) is 11.5 Å². The van der Waals surface area contributed by atoms with E-state index in [4.69, 9.17) is 4.42 Å². The van der Waals surface area contributed by atoms with Crippen molar-refractivity contribution in [2.75, 3.05) is 7.11 Å². The van der Waals surface area contributed by atoms with Crippen LogP contribution in [0.5, 0.6) is 0 Å². The number of amides is 2. The first-order chi connectivity index (χ1) is 12.5. The van der Waals surface area contributed by atoms with E-state index < -0.39 is 11.9 Å². The van der Waals surface area contributed by atoms with Gasteiger partial charge >= 0.3 is 5.97 Å². The van der Waals surface area contributed by atoms with Gasteiger partial charge in [0, 0.05) is 18.6 Å². The third-order valence-electron chi connectivity index (χ3n) is 3.39. The van der Waals surface area contributed by atoms with Crippen LogP contribution in [0.3, 0.4) is 0 Å². The number of rotatable bonds is 3. The zero-order valence-electron chi connectivity index (χ0n) is 13.9. The number of thioether (sulfide) groups is 1. The molecule has 1 aromatic carbocycles. The third-order valence-corrected chi connectivity index (χ3v) is 4.29. The Bertz CT molecular complexity index is 941. The van der Waals surface area contributed by atoms with E-state index in [-0.39, 0.29) is 11.1 Å². The van der Waals surface area contributed by atoms with Crippen LogP contribution in [-0.4, -0.2) is 30.1 Å². The summed E-state index contributed by atoms with van der Waals surface area (Å²) in [6.45, 7) is 1.35. The molecule has 0 fully saturated rings. The molecule has 3 rings (SSSR count). The van der Waals surface area contributed by atoms with Crippen LogP contribution < -0.4 is 5.32 Å². The van der Waals surface area contributed by atoms with Gasteiger partial charge in [-0.2, -0.15) is 4.99 Å². The van der Waals surface area contributed by atoms with E-state index in [0.717, 1.165) is 17.3 Å². The second kappa shape index (κ2) is 7.40. The molecule has 1 aliphatic rings. The maximum atomic E-state index is 11.9. The molecule has 0 spiro atoms. The van der Waals surface area contributed by atoms with Crippen molar-refractivity contribution in [3.8, 4) is 11.3 Å². The monoisotopic (exact) mass is 370 g/mol. The number of ether oxygens (including phenoxy) is 1. The van der Waals surface area contributed by atoms with Crippen LogP contribution in [0.15, 0.2) is 50.7 Å². The maximum absolute atomic E-state index is 11.9. The fourth-order valence-electron chi connectivity index (χ4n) is 2.22. The Morgan fingerprint density at radius 1 is 1.19 bits per heavy atom. The number of carbonyl (C=O) groups excluding carboxylic acids is 3. The molecule has 1 N–H and O–H groups in total. The Labute approximate surface area is 153 Å².